The van der Waals surface area contributed by atoms with Gasteiger partial charge < -0.3 is 10.1 Å². The fourth-order valence-electron chi connectivity index (χ4n) is 2.31. The molecule has 1 fully saturated rings. The maximum absolute atomic E-state index is 5.90. The van der Waals surface area contributed by atoms with E-state index in [1.807, 2.05) is 0 Å². The van der Waals surface area contributed by atoms with E-state index < -0.39 is 0 Å². The van der Waals surface area contributed by atoms with Gasteiger partial charge in [-0.15, -0.1) is 0 Å². The number of benzene rings is 1. The van der Waals surface area contributed by atoms with Gasteiger partial charge in [0.2, 0.25) is 0 Å². The third kappa shape index (κ3) is 6.38. The highest BCUT2D eigenvalue weighted by molar-refractivity contribution is 9.10. The molecule has 0 heterocycles. The largest absolute Gasteiger partial charge is 0.381 e. The minimum Gasteiger partial charge on any atom is -0.381 e. The van der Waals surface area contributed by atoms with Crippen LogP contribution in [0.3, 0.4) is 0 Å². The Balaban J connectivity index is 1.77. The van der Waals surface area contributed by atoms with Crippen molar-refractivity contribution in [2.75, 3.05) is 26.3 Å². The van der Waals surface area contributed by atoms with Crippen LogP contribution in [0.5, 0.6) is 0 Å². The van der Waals surface area contributed by atoms with Crippen LogP contribution in [0, 0.1) is 11.8 Å². The molecule has 2 rings (SSSR count). The lowest BCUT2D eigenvalue weighted by Gasteiger charge is -2.18. The Bertz CT molecular complexity index is 375. The van der Waals surface area contributed by atoms with Crippen LogP contribution in [-0.4, -0.2) is 26.3 Å². The molecule has 1 aromatic carbocycles. The summed E-state index contributed by atoms with van der Waals surface area (Å²) >= 11 is 3.49. The van der Waals surface area contributed by atoms with Gasteiger partial charge in [0.1, 0.15) is 0 Å². The second-order valence-electron chi connectivity index (χ2n) is 5.88. The monoisotopic (exact) mass is 339 g/mol. The van der Waals surface area contributed by atoms with E-state index in [1.165, 1.54) is 24.8 Å². The van der Waals surface area contributed by atoms with Gasteiger partial charge in [0.25, 0.3) is 0 Å². The summed E-state index contributed by atoms with van der Waals surface area (Å²) in [4.78, 5) is 0. The molecular weight excluding hydrogens is 314 g/mol. The van der Waals surface area contributed by atoms with E-state index in [1.54, 1.807) is 0 Å². The standard InChI is InChI=1S/C17H26BrNO/c1-2-9-19-11-16(13-20-12-15-3-4-15)10-14-5-7-17(18)8-6-14/h5-8,15-16,19H,2-4,9-13H2,1H3. The number of hydrogen-bond donors (Lipinski definition) is 1. The van der Waals surface area contributed by atoms with Crippen molar-refractivity contribution in [3.63, 3.8) is 0 Å². The number of nitrogens with one attached hydrogen (secondary N) is 1. The van der Waals surface area contributed by atoms with Crippen molar-refractivity contribution in [3.8, 4) is 0 Å². The van der Waals surface area contributed by atoms with Crippen LogP contribution in [0.15, 0.2) is 28.7 Å². The molecule has 0 amide bonds. The first-order chi connectivity index (χ1) is 9.78. The summed E-state index contributed by atoms with van der Waals surface area (Å²) in [6, 6.07) is 8.66. The maximum Gasteiger partial charge on any atom is 0.0509 e. The minimum atomic E-state index is 0.571. The zero-order chi connectivity index (χ0) is 14.2. The molecule has 1 atom stereocenters. The second-order valence-corrected chi connectivity index (χ2v) is 6.80. The van der Waals surface area contributed by atoms with Crippen molar-refractivity contribution in [1.29, 1.82) is 0 Å². The van der Waals surface area contributed by atoms with E-state index in [-0.39, 0.29) is 0 Å². The lowest BCUT2D eigenvalue weighted by Crippen LogP contribution is -2.28. The molecule has 0 aliphatic heterocycles. The van der Waals surface area contributed by atoms with Gasteiger partial charge in [-0.3, -0.25) is 0 Å². The normalized spacial score (nSPS) is 16.3. The highest BCUT2D eigenvalue weighted by Crippen LogP contribution is 2.29. The molecule has 1 saturated carbocycles. The van der Waals surface area contributed by atoms with Gasteiger partial charge in [0.15, 0.2) is 0 Å². The zero-order valence-electron chi connectivity index (χ0n) is 12.4. The Labute approximate surface area is 131 Å². The third-order valence-corrected chi connectivity index (χ3v) is 4.23. The number of hydrogen-bond acceptors (Lipinski definition) is 2. The fraction of sp³-hybridized carbons (Fsp3) is 0.647. The van der Waals surface area contributed by atoms with Gasteiger partial charge >= 0.3 is 0 Å². The Hall–Kier alpha value is -0.380. The van der Waals surface area contributed by atoms with Crippen molar-refractivity contribution < 1.29 is 4.74 Å². The molecule has 0 bridgehead atoms. The molecular formula is C17H26BrNO. The van der Waals surface area contributed by atoms with Crippen LogP contribution in [0.4, 0.5) is 0 Å². The predicted molar refractivity (Wildman–Crippen MR) is 88.0 cm³/mol. The molecule has 2 nitrogen and oxygen atoms in total. The maximum atomic E-state index is 5.90. The van der Waals surface area contributed by atoms with E-state index in [0.717, 1.165) is 43.1 Å². The lowest BCUT2D eigenvalue weighted by atomic mass is 10.00. The average molecular weight is 340 g/mol. The van der Waals surface area contributed by atoms with Crippen molar-refractivity contribution in [2.45, 2.75) is 32.6 Å². The molecule has 0 saturated heterocycles. The SMILES string of the molecule is CCCNCC(COCC1CC1)Cc1ccc(Br)cc1. The molecule has 1 N–H and O–H groups in total. The van der Waals surface area contributed by atoms with Crippen LogP contribution in [0.2, 0.25) is 0 Å². The Morgan fingerprint density at radius 3 is 2.70 bits per heavy atom. The average Bonchev–Trinajstić information content (AvgIpc) is 3.25. The minimum absolute atomic E-state index is 0.571. The predicted octanol–water partition coefficient (Wildman–Crippen LogP) is 4.03. The highest BCUT2D eigenvalue weighted by Gasteiger charge is 2.21. The summed E-state index contributed by atoms with van der Waals surface area (Å²) in [5.41, 5.74) is 1.39. The molecule has 1 unspecified atom stereocenters. The van der Waals surface area contributed by atoms with Crippen LogP contribution in [0.1, 0.15) is 31.7 Å². The summed E-state index contributed by atoms with van der Waals surface area (Å²) in [5.74, 6) is 1.42. The number of halogens is 1. The van der Waals surface area contributed by atoms with Gasteiger partial charge in [-0.05, 0) is 61.8 Å². The summed E-state index contributed by atoms with van der Waals surface area (Å²) in [6.07, 6.45) is 5.01. The number of ether oxygens (including phenoxy) is 1. The quantitative estimate of drug-likeness (QED) is 0.649. The van der Waals surface area contributed by atoms with Crippen molar-refractivity contribution in [1.82, 2.24) is 5.32 Å². The fourth-order valence-corrected chi connectivity index (χ4v) is 2.58. The molecule has 112 valence electrons. The van der Waals surface area contributed by atoms with Crippen molar-refractivity contribution >= 4 is 15.9 Å². The molecule has 3 heteroatoms. The van der Waals surface area contributed by atoms with Gasteiger partial charge in [-0.2, -0.15) is 0 Å². The van der Waals surface area contributed by atoms with E-state index in [0.29, 0.717) is 5.92 Å². The highest BCUT2D eigenvalue weighted by atomic mass is 79.9. The lowest BCUT2D eigenvalue weighted by molar-refractivity contribution is 0.0907. The molecule has 0 aromatic heterocycles. The molecule has 1 aliphatic rings. The van der Waals surface area contributed by atoms with Gasteiger partial charge in [0, 0.05) is 17.6 Å². The van der Waals surface area contributed by atoms with Gasteiger partial charge in [0.05, 0.1) is 6.61 Å². The van der Waals surface area contributed by atoms with Crippen LogP contribution < -0.4 is 5.32 Å². The van der Waals surface area contributed by atoms with Crippen LogP contribution in [0.25, 0.3) is 0 Å². The summed E-state index contributed by atoms with van der Waals surface area (Å²) in [5, 5.41) is 3.53. The van der Waals surface area contributed by atoms with Gasteiger partial charge in [-0.25, -0.2) is 0 Å². The first-order valence-electron chi connectivity index (χ1n) is 7.80. The summed E-state index contributed by atoms with van der Waals surface area (Å²) < 4.78 is 7.04. The second kappa shape index (κ2) is 8.81. The van der Waals surface area contributed by atoms with E-state index in [4.69, 9.17) is 4.74 Å². The van der Waals surface area contributed by atoms with E-state index >= 15 is 0 Å². The molecule has 1 aromatic rings. The third-order valence-electron chi connectivity index (χ3n) is 3.70. The van der Waals surface area contributed by atoms with Crippen LogP contribution >= 0.6 is 15.9 Å². The van der Waals surface area contributed by atoms with E-state index in [2.05, 4.69) is 52.4 Å². The first-order valence-corrected chi connectivity index (χ1v) is 8.60. The van der Waals surface area contributed by atoms with Crippen molar-refractivity contribution in [2.24, 2.45) is 11.8 Å². The summed E-state index contributed by atoms with van der Waals surface area (Å²) in [6.45, 7) is 6.20. The topological polar surface area (TPSA) is 21.3 Å². The first kappa shape index (κ1) is 16.0. The smallest absolute Gasteiger partial charge is 0.0509 e. The molecule has 0 radical (unpaired) electrons. The molecule has 0 spiro atoms. The van der Waals surface area contributed by atoms with Crippen LogP contribution in [-0.2, 0) is 11.2 Å². The molecule has 20 heavy (non-hydrogen) atoms. The Morgan fingerprint density at radius 1 is 1.30 bits per heavy atom. The van der Waals surface area contributed by atoms with Gasteiger partial charge in [-0.1, -0.05) is 35.0 Å². The number of rotatable bonds is 10. The molecule has 1 aliphatic carbocycles. The zero-order valence-corrected chi connectivity index (χ0v) is 14.0. The Morgan fingerprint density at radius 2 is 2.05 bits per heavy atom. The van der Waals surface area contributed by atoms with Crippen molar-refractivity contribution in [3.05, 3.63) is 34.3 Å². The van der Waals surface area contributed by atoms with E-state index in [9.17, 15) is 0 Å². The Kier molecular flexibility index (Phi) is 7.05. The summed E-state index contributed by atoms with van der Waals surface area (Å²) in [7, 11) is 0.